The Hall–Kier alpha value is -1.01. The maximum Gasteiger partial charge on any atom is 0.266 e. The third-order valence-electron chi connectivity index (χ3n) is 2.41. The number of fused-ring (bicyclic) bond motifs is 2. The average molecular weight is 243 g/mol. The van der Waals surface area contributed by atoms with Gasteiger partial charge in [0.25, 0.3) is 5.56 Å². The molecule has 7 heteroatoms. The van der Waals surface area contributed by atoms with E-state index in [0.717, 1.165) is 10.9 Å². The van der Waals surface area contributed by atoms with Crippen LogP contribution in [0.2, 0.25) is 5.15 Å². The summed E-state index contributed by atoms with van der Waals surface area (Å²) >= 11 is 7.48. The van der Waals surface area contributed by atoms with E-state index < -0.39 is 0 Å². The molecule has 3 heterocycles. The summed E-state index contributed by atoms with van der Waals surface area (Å²) in [6.07, 6.45) is 0. The Morgan fingerprint density at radius 1 is 1.53 bits per heavy atom. The lowest BCUT2D eigenvalue weighted by molar-refractivity contribution is 0.662. The molecule has 0 saturated carbocycles. The summed E-state index contributed by atoms with van der Waals surface area (Å²) in [7, 11) is 1.73. The van der Waals surface area contributed by atoms with Crippen molar-refractivity contribution in [3.8, 4) is 0 Å². The molecule has 1 aliphatic rings. The van der Waals surface area contributed by atoms with Crippen molar-refractivity contribution in [2.45, 2.75) is 11.7 Å². The molecule has 15 heavy (non-hydrogen) atoms. The molecule has 0 saturated heterocycles. The van der Waals surface area contributed by atoms with E-state index in [9.17, 15) is 4.79 Å². The molecule has 0 amide bonds. The fourth-order valence-corrected chi connectivity index (χ4v) is 2.92. The van der Waals surface area contributed by atoms with E-state index in [1.54, 1.807) is 28.1 Å². The van der Waals surface area contributed by atoms with Gasteiger partial charge in [-0.15, -0.1) is 0 Å². The van der Waals surface area contributed by atoms with Crippen molar-refractivity contribution in [2.75, 3.05) is 5.75 Å². The van der Waals surface area contributed by atoms with Crippen LogP contribution < -0.4 is 5.56 Å². The zero-order valence-corrected chi connectivity index (χ0v) is 9.47. The maximum atomic E-state index is 12.0. The third-order valence-corrected chi connectivity index (χ3v) is 3.63. The van der Waals surface area contributed by atoms with E-state index >= 15 is 0 Å². The predicted octanol–water partition coefficient (Wildman–Crippen LogP) is 0.889. The highest BCUT2D eigenvalue weighted by Crippen LogP contribution is 2.25. The minimum atomic E-state index is -0.0851. The second-order valence-corrected chi connectivity index (χ2v) is 4.73. The molecule has 0 aromatic carbocycles. The highest BCUT2D eigenvalue weighted by Gasteiger charge is 2.21. The Morgan fingerprint density at radius 3 is 3.13 bits per heavy atom. The van der Waals surface area contributed by atoms with E-state index in [-0.39, 0.29) is 10.7 Å². The van der Waals surface area contributed by atoms with Gasteiger partial charge in [0.05, 0.1) is 0 Å². The first kappa shape index (κ1) is 9.23. The fraction of sp³-hybridized carbons (Fsp3) is 0.375. The Labute approximate surface area is 94.0 Å². The number of thioether (sulfide) groups is 1. The van der Waals surface area contributed by atoms with Crippen LogP contribution in [0.5, 0.6) is 0 Å². The number of halogens is 1. The van der Waals surface area contributed by atoms with Crippen molar-refractivity contribution in [1.82, 2.24) is 19.3 Å². The van der Waals surface area contributed by atoms with E-state index in [1.807, 2.05) is 0 Å². The molecule has 2 aromatic rings. The van der Waals surface area contributed by atoms with Crippen LogP contribution in [-0.2, 0) is 13.6 Å². The van der Waals surface area contributed by atoms with Crippen LogP contribution in [-0.4, -0.2) is 25.1 Å². The monoisotopic (exact) mass is 242 g/mol. The molecule has 0 aliphatic carbocycles. The van der Waals surface area contributed by atoms with Gasteiger partial charge in [-0.05, 0) is 0 Å². The molecule has 78 valence electrons. The number of nitrogens with zero attached hydrogens (tertiary/aromatic N) is 4. The summed E-state index contributed by atoms with van der Waals surface area (Å²) in [5.74, 6) is 0.892. The molecular weight excluding hydrogens is 236 g/mol. The van der Waals surface area contributed by atoms with E-state index in [2.05, 4.69) is 10.1 Å². The van der Waals surface area contributed by atoms with Crippen molar-refractivity contribution in [3.05, 3.63) is 15.5 Å². The summed E-state index contributed by atoms with van der Waals surface area (Å²) in [6.45, 7) is 0.701. The third kappa shape index (κ3) is 1.15. The Kier molecular flexibility index (Phi) is 1.84. The van der Waals surface area contributed by atoms with Crippen molar-refractivity contribution >= 4 is 34.4 Å². The van der Waals surface area contributed by atoms with Gasteiger partial charge in [0.1, 0.15) is 5.39 Å². The number of hydrogen-bond donors (Lipinski definition) is 0. The summed E-state index contributed by atoms with van der Waals surface area (Å²) in [5.41, 5.74) is 0.476. The lowest BCUT2D eigenvalue weighted by Crippen LogP contribution is -2.20. The quantitative estimate of drug-likeness (QED) is 0.644. The van der Waals surface area contributed by atoms with Crippen molar-refractivity contribution in [3.63, 3.8) is 0 Å². The molecule has 2 aromatic heterocycles. The van der Waals surface area contributed by atoms with Crippen molar-refractivity contribution < 1.29 is 0 Å². The van der Waals surface area contributed by atoms with Crippen LogP contribution in [0, 0.1) is 0 Å². The largest absolute Gasteiger partial charge is 0.286 e. The molecule has 0 radical (unpaired) electrons. The zero-order valence-electron chi connectivity index (χ0n) is 7.90. The predicted molar refractivity (Wildman–Crippen MR) is 58.5 cm³/mol. The molecule has 0 spiro atoms. The Morgan fingerprint density at radius 2 is 2.33 bits per heavy atom. The Balaban J connectivity index is 2.54. The fourth-order valence-electron chi connectivity index (χ4n) is 1.70. The second kappa shape index (κ2) is 2.99. The minimum Gasteiger partial charge on any atom is -0.286 e. The van der Waals surface area contributed by atoms with Crippen LogP contribution in [0.15, 0.2) is 9.95 Å². The lowest BCUT2D eigenvalue weighted by Gasteiger charge is -2.00. The molecule has 0 unspecified atom stereocenters. The number of aromatic nitrogens is 4. The van der Waals surface area contributed by atoms with Crippen LogP contribution in [0.3, 0.4) is 0 Å². The second-order valence-electron chi connectivity index (χ2n) is 3.31. The topological polar surface area (TPSA) is 52.7 Å². The summed E-state index contributed by atoms with van der Waals surface area (Å²) in [6, 6.07) is 0. The smallest absolute Gasteiger partial charge is 0.266 e. The van der Waals surface area contributed by atoms with Gasteiger partial charge in [-0.1, -0.05) is 23.4 Å². The van der Waals surface area contributed by atoms with Gasteiger partial charge in [0.15, 0.2) is 16.0 Å². The lowest BCUT2D eigenvalue weighted by atomic mass is 10.4. The van der Waals surface area contributed by atoms with E-state index in [4.69, 9.17) is 11.6 Å². The van der Waals surface area contributed by atoms with Gasteiger partial charge >= 0.3 is 0 Å². The minimum absolute atomic E-state index is 0.0851. The zero-order chi connectivity index (χ0) is 10.6. The van der Waals surface area contributed by atoms with Gasteiger partial charge in [0.2, 0.25) is 0 Å². The molecule has 0 atom stereocenters. The first-order valence-electron chi connectivity index (χ1n) is 4.44. The van der Waals surface area contributed by atoms with Gasteiger partial charge in [-0.2, -0.15) is 5.10 Å². The summed E-state index contributed by atoms with van der Waals surface area (Å²) in [4.78, 5) is 16.4. The average Bonchev–Trinajstić information content (AvgIpc) is 2.73. The van der Waals surface area contributed by atoms with Crippen LogP contribution in [0.4, 0.5) is 0 Å². The normalized spacial score (nSPS) is 14.8. The first-order chi connectivity index (χ1) is 7.18. The number of aryl methyl sites for hydroxylation is 1. The SMILES string of the molecule is Cn1nc(Cl)c2c(=O)n3c(nc21)SCC3. The maximum absolute atomic E-state index is 12.0. The van der Waals surface area contributed by atoms with E-state index in [0.29, 0.717) is 17.6 Å². The summed E-state index contributed by atoms with van der Waals surface area (Å²) in [5, 5.41) is 5.40. The molecule has 1 aliphatic heterocycles. The van der Waals surface area contributed by atoms with Crippen LogP contribution in [0.1, 0.15) is 0 Å². The molecule has 0 N–H and O–H groups in total. The van der Waals surface area contributed by atoms with Crippen LogP contribution >= 0.6 is 23.4 Å². The van der Waals surface area contributed by atoms with Crippen molar-refractivity contribution in [2.24, 2.45) is 7.05 Å². The van der Waals surface area contributed by atoms with Gasteiger partial charge < -0.3 is 0 Å². The molecular formula is C8H7ClN4OS. The molecule has 5 nitrogen and oxygen atoms in total. The highest BCUT2D eigenvalue weighted by atomic mass is 35.5. The highest BCUT2D eigenvalue weighted by molar-refractivity contribution is 7.99. The van der Waals surface area contributed by atoms with Gasteiger partial charge in [0, 0.05) is 19.3 Å². The van der Waals surface area contributed by atoms with Crippen LogP contribution in [0.25, 0.3) is 11.0 Å². The van der Waals surface area contributed by atoms with Gasteiger partial charge in [-0.25, -0.2) is 9.67 Å². The van der Waals surface area contributed by atoms with Gasteiger partial charge in [-0.3, -0.25) is 9.36 Å². The van der Waals surface area contributed by atoms with E-state index in [1.165, 1.54) is 0 Å². The molecule has 0 fully saturated rings. The first-order valence-corrected chi connectivity index (χ1v) is 5.80. The molecule has 3 rings (SSSR count). The molecule has 0 bridgehead atoms. The standard InChI is InChI=1S/C8H7ClN4OS/c1-12-6-4(5(9)11-12)7(14)13-2-3-15-8(13)10-6/h2-3H2,1H3. The van der Waals surface area contributed by atoms with Crippen molar-refractivity contribution in [1.29, 1.82) is 0 Å². The number of rotatable bonds is 0. The Bertz CT molecular complexity index is 617. The number of hydrogen-bond acceptors (Lipinski definition) is 4. The summed E-state index contributed by atoms with van der Waals surface area (Å²) < 4.78 is 3.19.